The summed E-state index contributed by atoms with van der Waals surface area (Å²) in [6.07, 6.45) is 0.544. The summed E-state index contributed by atoms with van der Waals surface area (Å²) < 4.78 is 44.1. The van der Waals surface area contributed by atoms with Crippen LogP contribution in [-0.4, -0.2) is 26.7 Å². The predicted molar refractivity (Wildman–Crippen MR) is 92.7 cm³/mol. The minimum atomic E-state index is -3.33. The number of halogens is 2. The van der Waals surface area contributed by atoms with Crippen molar-refractivity contribution in [1.29, 1.82) is 0 Å². The van der Waals surface area contributed by atoms with E-state index < -0.39 is 21.8 Å². The summed E-state index contributed by atoms with van der Waals surface area (Å²) in [5, 5.41) is 0.171. The lowest BCUT2D eigenvalue weighted by Crippen LogP contribution is -2.25. The van der Waals surface area contributed by atoms with Crippen molar-refractivity contribution in [2.75, 3.05) is 16.6 Å². The fourth-order valence-electron chi connectivity index (χ4n) is 2.61. The second-order valence-electron chi connectivity index (χ2n) is 5.57. The van der Waals surface area contributed by atoms with Gasteiger partial charge in [0.1, 0.15) is 12.4 Å². The summed E-state index contributed by atoms with van der Waals surface area (Å²) in [5.74, 6) is -1.15. The Morgan fingerprint density at radius 2 is 2.00 bits per heavy atom. The number of ether oxygens (including phenoxy) is 1. The number of nitrogens with zero attached hydrogens (tertiary/aromatic N) is 1. The first-order valence-electron chi connectivity index (χ1n) is 7.59. The van der Waals surface area contributed by atoms with Gasteiger partial charge in [-0.3, -0.25) is 4.31 Å². The van der Waals surface area contributed by atoms with Crippen molar-refractivity contribution in [3.63, 3.8) is 0 Å². The van der Waals surface area contributed by atoms with Crippen LogP contribution in [0.2, 0.25) is 5.02 Å². The first-order chi connectivity index (χ1) is 11.9. The van der Waals surface area contributed by atoms with E-state index in [4.69, 9.17) is 16.3 Å². The largest absolute Gasteiger partial charge is 0.457 e. The first-order valence-corrected chi connectivity index (χ1v) is 9.58. The Labute approximate surface area is 150 Å². The molecule has 0 unspecified atom stereocenters. The third kappa shape index (κ3) is 3.77. The van der Waals surface area contributed by atoms with E-state index in [1.165, 1.54) is 34.6 Å². The number of hydrogen-bond donors (Lipinski definition) is 0. The molecule has 0 radical (unpaired) electrons. The number of anilines is 1. The van der Waals surface area contributed by atoms with E-state index in [1.807, 2.05) is 0 Å². The molecular formula is C17H15ClFNO4S. The minimum Gasteiger partial charge on any atom is -0.457 e. The average Bonchev–Trinajstić information content (AvgIpc) is 2.93. The van der Waals surface area contributed by atoms with Crippen molar-refractivity contribution >= 4 is 33.3 Å². The third-order valence-corrected chi connectivity index (χ3v) is 6.10. The number of esters is 1. The molecule has 2 aromatic carbocycles. The number of sulfonamides is 1. The van der Waals surface area contributed by atoms with Gasteiger partial charge in [-0.1, -0.05) is 23.7 Å². The summed E-state index contributed by atoms with van der Waals surface area (Å²) >= 11 is 5.90. The van der Waals surface area contributed by atoms with E-state index in [9.17, 15) is 17.6 Å². The van der Waals surface area contributed by atoms with Gasteiger partial charge in [-0.25, -0.2) is 17.6 Å². The molecule has 2 aromatic rings. The van der Waals surface area contributed by atoms with Crippen LogP contribution < -0.4 is 4.31 Å². The predicted octanol–water partition coefficient (Wildman–Crippen LogP) is 3.38. The summed E-state index contributed by atoms with van der Waals surface area (Å²) in [4.78, 5) is 12.2. The Morgan fingerprint density at radius 1 is 1.24 bits per heavy atom. The maximum atomic E-state index is 13.7. The fourth-order valence-corrected chi connectivity index (χ4v) is 4.38. The molecule has 0 spiro atoms. The van der Waals surface area contributed by atoms with Crippen LogP contribution in [0.15, 0.2) is 42.5 Å². The van der Waals surface area contributed by atoms with Gasteiger partial charge in [0, 0.05) is 12.1 Å². The van der Waals surface area contributed by atoms with Crippen molar-refractivity contribution in [1.82, 2.24) is 0 Å². The highest BCUT2D eigenvalue weighted by Crippen LogP contribution is 2.25. The van der Waals surface area contributed by atoms with Crippen LogP contribution >= 0.6 is 11.6 Å². The Bertz CT molecular complexity index is 896. The molecule has 0 aliphatic carbocycles. The van der Waals surface area contributed by atoms with Crippen LogP contribution in [0, 0.1) is 5.82 Å². The van der Waals surface area contributed by atoms with E-state index in [0.29, 0.717) is 18.7 Å². The molecule has 1 saturated heterocycles. The quantitative estimate of drug-likeness (QED) is 0.759. The Morgan fingerprint density at radius 3 is 2.68 bits per heavy atom. The zero-order valence-electron chi connectivity index (χ0n) is 13.1. The highest BCUT2D eigenvalue weighted by Gasteiger charge is 2.28. The van der Waals surface area contributed by atoms with Gasteiger partial charge < -0.3 is 4.74 Å². The molecule has 0 atom stereocenters. The average molecular weight is 384 g/mol. The van der Waals surface area contributed by atoms with Gasteiger partial charge in [0.25, 0.3) is 0 Å². The maximum Gasteiger partial charge on any atom is 0.338 e. The molecule has 25 heavy (non-hydrogen) atoms. The molecule has 5 nitrogen and oxygen atoms in total. The van der Waals surface area contributed by atoms with Crippen LogP contribution in [0.4, 0.5) is 10.1 Å². The zero-order valence-corrected chi connectivity index (χ0v) is 14.7. The van der Waals surface area contributed by atoms with E-state index in [2.05, 4.69) is 0 Å². The molecule has 132 valence electrons. The standard InChI is InChI=1S/C17H15ClFNO4S/c18-15-6-2-7-16(19)14(15)11-24-17(21)12-4-1-5-13(10-12)20-8-3-9-25(20,22)23/h1-2,4-7,10H,3,8-9,11H2. The molecule has 0 bridgehead atoms. The molecule has 0 saturated carbocycles. The lowest BCUT2D eigenvalue weighted by Gasteiger charge is -2.17. The van der Waals surface area contributed by atoms with Crippen LogP contribution in [0.25, 0.3) is 0 Å². The molecule has 3 rings (SSSR count). The molecule has 1 aliphatic rings. The molecule has 1 fully saturated rings. The SMILES string of the molecule is O=C(OCc1c(F)cccc1Cl)c1cccc(N2CCCS2(=O)=O)c1. The van der Waals surface area contributed by atoms with Gasteiger partial charge in [0.15, 0.2) is 0 Å². The van der Waals surface area contributed by atoms with Crippen molar-refractivity contribution < 1.29 is 22.3 Å². The second-order valence-corrected chi connectivity index (χ2v) is 7.99. The fraction of sp³-hybridized carbons (Fsp3) is 0.235. The van der Waals surface area contributed by atoms with E-state index >= 15 is 0 Å². The summed E-state index contributed by atoms with van der Waals surface area (Å²) in [6.45, 7) is 0.0717. The summed E-state index contributed by atoms with van der Waals surface area (Å²) in [5.41, 5.74) is 0.693. The highest BCUT2D eigenvalue weighted by molar-refractivity contribution is 7.93. The molecule has 1 aliphatic heterocycles. The minimum absolute atomic E-state index is 0.0907. The topological polar surface area (TPSA) is 63.7 Å². The third-order valence-electron chi connectivity index (χ3n) is 3.88. The maximum absolute atomic E-state index is 13.7. The number of carbonyl (C=O) groups excluding carboxylic acids is 1. The molecular weight excluding hydrogens is 369 g/mol. The van der Waals surface area contributed by atoms with Crippen LogP contribution in [0.5, 0.6) is 0 Å². The second kappa shape index (κ2) is 7.01. The lowest BCUT2D eigenvalue weighted by atomic mass is 10.2. The van der Waals surface area contributed by atoms with Crippen molar-refractivity contribution in [2.45, 2.75) is 13.0 Å². The van der Waals surface area contributed by atoms with Gasteiger partial charge in [-0.15, -0.1) is 0 Å². The normalized spacial score (nSPS) is 16.0. The monoisotopic (exact) mass is 383 g/mol. The number of carbonyl (C=O) groups is 1. The molecule has 0 N–H and O–H groups in total. The molecule has 1 heterocycles. The Balaban J connectivity index is 1.76. The van der Waals surface area contributed by atoms with Crippen molar-refractivity contribution in [3.8, 4) is 0 Å². The smallest absolute Gasteiger partial charge is 0.338 e. The number of benzene rings is 2. The van der Waals surface area contributed by atoms with Crippen LogP contribution in [0.3, 0.4) is 0 Å². The van der Waals surface area contributed by atoms with Crippen LogP contribution in [0.1, 0.15) is 22.3 Å². The van der Waals surface area contributed by atoms with Crippen LogP contribution in [-0.2, 0) is 21.4 Å². The van der Waals surface area contributed by atoms with E-state index in [-0.39, 0.29) is 28.5 Å². The zero-order chi connectivity index (χ0) is 18.0. The van der Waals surface area contributed by atoms with Gasteiger partial charge in [-0.2, -0.15) is 0 Å². The molecule has 0 amide bonds. The Kier molecular flexibility index (Phi) is 4.96. The van der Waals surface area contributed by atoms with Gasteiger partial charge in [0.2, 0.25) is 10.0 Å². The van der Waals surface area contributed by atoms with Crippen molar-refractivity contribution in [3.05, 3.63) is 64.4 Å². The number of hydrogen-bond acceptors (Lipinski definition) is 4. The molecule has 8 heteroatoms. The van der Waals surface area contributed by atoms with Gasteiger partial charge in [0.05, 0.1) is 22.0 Å². The van der Waals surface area contributed by atoms with E-state index in [1.54, 1.807) is 12.1 Å². The lowest BCUT2D eigenvalue weighted by molar-refractivity contribution is 0.0469. The Hall–Kier alpha value is -2.12. The van der Waals surface area contributed by atoms with Gasteiger partial charge in [-0.05, 0) is 36.8 Å². The molecule has 0 aromatic heterocycles. The number of rotatable bonds is 4. The van der Waals surface area contributed by atoms with E-state index in [0.717, 1.165) is 0 Å². The summed E-state index contributed by atoms with van der Waals surface area (Å²) in [7, 11) is -3.33. The van der Waals surface area contributed by atoms with Gasteiger partial charge >= 0.3 is 5.97 Å². The highest BCUT2D eigenvalue weighted by atomic mass is 35.5. The van der Waals surface area contributed by atoms with Crippen molar-refractivity contribution in [2.24, 2.45) is 0 Å². The summed E-state index contributed by atoms with van der Waals surface area (Å²) in [6, 6.07) is 10.4. The first kappa shape index (κ1) is 17.7.